The molecule has 4 heteroatoms. The number of methoxy groups -OCH3 is 1. The third-order valence-electron chi connectivity index (χ3n) is 3.05. The predicted octanol–water partition coefficient (Wildman–Crippen LogP) is 1.40. The van der Waals surface area contributed by atoms with E-state index in [-0.39, 0.29) is 12.0 Å². The van der Waals surface area contributed by atoms with Crippen molar-refractivity contribution in [2.45, 2.75) is 38.8 Å². The number of aliphatic hydroxyl groups excluding tert-OH is 1. The van der Waals surface area contributed by atoms with Crippen LogP contribution in [0.5, 0.6) is 5.75 Å². The molecule has 0 fully saturated rings. The second kappa shape index (κ2) is 6.89. The van der Waals surface area contributed by atoms with Gasteiger partial charge in [-0.05, 0) is 22.6 Å². The Balaban J connectivity index is 2.76. The number of rotatable bonds is 6. The minimum atomic E-state index is -0.486. The van der Waals surface area contributed by atoms with Crippen LogP contribution in [0.25, 0.3) is 0 Å². The fourth-order valence-electron chi connectivity index (χ4n) is 1.92. The third kappa shape index (κ3) is 4.82. The van der Waals surface area contributed by atoms with Gasteiger partial charge in [0.1, 0.15) is 5.75 Å². The van der Waals surface area contributed by atoms with E-state index in [2.05, 4.69) is 32.2 Å². The second-order valence-corrected chi connectivity index (χ2v) is 5.81. The minimum Gasteiger partial charge on any atom is -0.496 e. The molecule has 0 aromatic heterocycles. The minimum absolute atomic E-state index is 0.0398. The highest BCUT2D eigenvalue weighted by Gasteiger charge is 2.19. The zero-order valence-electron chi connectivity index (χ0n) is 12.4. The summed E-state index contributed by atoms with van der Waals surface area (Å²) >= 11 is 0. The molecule has 1 atom stereocenters. The van der Waals surface area contributed by atoms with Crippen molar-refractivity contribution in [3.8, 4) is 5.75 Å². The summed E-state index contributed by atoms with van der Waals surface area (Å²) in [5.41, 5.74) is 7.77. The van der Waals surface area contributed by atoms with E-state index in [1.54, 1.807) is 7.11 Å². The molecular formula is C15H26N2O2. The lowest BCUT2D eigenvalue weighted by Crippen LogP contribution is -2.32. The van der Waals surface area contributed by atoms with Crippen molar-refractivity contribution in [2.75, 3.05) is 20.2 Å². The first-order chi connectivity index (χ1) is 8.88. The highest BCUT2D eigenvalue weighted by Crippen LogP contribution is 2.31. The summed E-state index contributed by atoms with van der Waals surface area (Å²) in [4.78, 5) is 0. The molecule has 1 aromatic rings. The van der Waals surface area contributed by atoms with Gasteiger partial charge < -0.3 is 20.9 Å². The van der Waals surface area contributed by atoms with E-state index in [1.165, 1.54) is 11.1 Å². The van der Waals surface area contributed by atoms with Crippen LogP contribution in [0.4, 0.5) is 0 Å². The summed E-state index contributed by atoms with van der Waals surface area (Å²) in [5.74, 6) is 0.915. The molecule has 0 aliphatic heterocycles. The molecular weight excluding hydrogens is 240 g/mol. The van der Waals surface area contributed by atoms with Gasteiger partial charge in [0, 0.05) is 19.6 Å². The zero-order valence-corrected chi connectivity index (χ0v) is 12.4. The summed E-state index contributed by atoms with van der Waals surface area (Å²) in [6, 6.07) is 6.19. The highest BCUT2D eigenvalue weighted by atomic mass is 16.5. The number of aliphatic hydroxyl groups is 1. The van der Waals surface area contributed by atoms with E-state index in [4.69, 9.17) is 10.5 Å². The lowest BCUT2D eigenvalue weighted by atomic mass is 9.85. The van der Waals surface area contributed by atoms with Crippen molar-refractivity contribution in [3.05, 3.63) is 29.3 Å². The SMILES string of the molecule is COc1ccc(CNCC(O)CN)cc1C(C)(C)C. The van der Waals surface area contributed by atoms with Gasteiger partial charge in [-0.3, -0.25) is 0 Å². The Hall–Kier alpha value is -1.10. The molecule has 0 spiro atoms. The van der Waals surface area contributed by atoms with Crippen molar-refractivity contribution >= 4 is 0 Å². The molecule has 4 nitrogen and oxygen atoms in total. The van der Waals surface area contributed by atoms with Crippen LogP contribution >= 0.6 is 0 Å². The fourth-order valence-corrected chi connectivity index (χ4v) is 1.92. The largest absolute Gasteiger partial charge is 0.496 e. The molecule has 0 aliphatic carbocycles. The topological polar surface area (TPSA) is 67.5 Å². The van der Waals surface area contributed by atoms with Gasteiger partial charge in [-0.15, -0.1) is 0 Å². The van der Waals surface area contributed by atoms with E-state index in [1.807, 2.05) is 12.1 Å². The Morgan fingerprint density at radius 1 is 1.37 bits per heavy atom. The average Bonchev–Trinajstić information content (AvgIpc) is 2.37. The first-order valence-corrected chi connectivity index (χ1v) is 6.64. The van der Waals surface area contributed by atoms with Crippen LogP contribution in [0.3, 0.4) is 0 Å². The number of hydrogen-bond donors (Lipinski definition) is 3. The maximum Gasteiger partial charge on any atom is 0.122 e. The molecule has 0 bridgehead atoms. The maximum atomic E-state index is 9.39. The lowest BCUT2D eigenvalue weighted by Gasteiger charge is -2.23. The van der Waals surface area contributed by atoms with E-state index in [0.717, 1.165) is 5.75 Å². The van der Waals surface area contributed by atoms with Gasteiger partial charge in [-0.1, -0.05) is 32.9 Å². The van der Waals surface area contributed by atoms with Crippen molar-refractivity contribution in [3.63, 3.8) is 0 Å². The second-order valence-electron chi connectivity index (χ2n) is 5.81. The molecule has 0 saturated heterocycles. The lowest BCUT2D eigenvalue weighted by molar-refractivity contribution is 0.179. The Bertz CT molecular complexity index is 400. The van der Waals surface area contributed by atoms with Gasteiger partial charge in [0.15, 0.2) is 0 Å². The molecule has 19 heavy (non-hydrogen) atoms. The van der Waals surface area contributed by atoms with E-state index in [0.29, 0.717) is 13.1 Å². The number of ether oxygens (including phenoxy) is 1. The molecule has 1 unspecified atom stereocenters. The third-order valence-corrected chi connectivity index (χ3v) is 3.05. The van der Waals surface area contributed by atoms with Gasteiger partial charge in [0.2, 0.25) is 0 Å². The monoisotopic (exact) mass is 266 g/mol. The first kappa shape index (κ1) is 16.0. The van der Waals surface area contributed by atoms with Crippen LogP contribution in [0.1, 0.15) is 31.9 Å². The number of nitrogens with two attached hydrogens (primary N) is 1. The number of benzene rings is 1. The number of hydrogen-bond acceptors (Lipinski definition) is 4. The molecule has 108 valence electrons. The van der Waals surface area contributed by atoms with Gasteiger partial charge in [0.25, 0.3) is 0 Å². The fraction of sp³-hybridized carbons (Fsp3) is 0.600. The first-order valence-electron chi connectivity index (χ1n) is 6.64. The summed E-state index contributed by atoms with van der Waals surface area (Å²) in [6.07, 6.45) is -0.486. The van der Waals surface area contributed by atoms with E-state index >= 15 is 0 Å². The number of nitrogens with one attached hydrogen (secondary N) is 1. The average molecular weight is 266 g/mol. The van der Waals surface area contributed by atoms with Gasteiger partial charge in [0.05, 0.1) is 13.2 Å². The predicted molar refractivity (Wildman–Crippen MR) is 78.5 cm³/mol. The van der Waals surface area contributed by atoms with Crippen LogP contribution in [0.2, 0.25) is 0 Å². The van der Waals surface area contributed by atoms with Gasteiger partial charge in [-0.25, -0.2) is 0 Å². The van der Waals surface area contributed by atoms with Gasteiger partial charge >= 0.3 is 0 Å². The summed E-state index contributed by atoms with van der Waals surface area (Å²) in [7, 11) is 1.69. The molecule has 4 N–H and O–H groups in total. The van der Waals surface area contributed by atoms with E-state index < -0.39 is 6.10 Å². The molecule has 1 rings (SSSR count). The van der Waals surface area contributed by atoms with Gasteiger partial charge in [-0.2, -0.15) is 0 Å². The molecule has 0 radical (unpaired) electrons. The maximum absolute atomic E-state index is 9.39. The summed E-state index contributed by atoms with van der Waals surface area (Å²) < 4.78 is 5.41. The zero-order chi connectivity index (χ0) is 14.5. The van der Waals surface area contributed by atoms with Crippen molar-refractivity contribution < 1.29 is 9.84 Å². The van der Waals surface area contributed by atoms with E-state index in [9.17, 15) is 5.11 Å². The standard InChI is InChI=1S/C15H26N2O2/c1-15(2,3)13-7-11(5-6-14(13)19-4)9-17-10-12(18)8-16/h5-7,12,17-18H,8-10,16H2,1-4H3. The van der Waals surface area contributed by atoms with Crippen LogP contribution in [0, 0.1) is 0 Å². The normalized spacial score (nSPS) is 13.4. The summed E-state index contributed by atoms with van der Waals surface area (Å²) in [5, 5.41) is 12.6. The van der Waals surface area contributed by atoms with Crippen molar-refractivity contribution in [1.82, 2.24) is 5.32 Å². The van der Waals surface area contributed by atoms with Crippen molar-refractivity contribution in [1.29, 1.82) is 0 Å². The van der Waals surface area contributed by atoms with Crippen LogP contribution in [-0.4, -0.2) is 31.4 Å². The van der Waals surface area contributed by atoms with Crippen LogP contribution in [-0.2, 0) is 12.0 Å². The highest BCUT2D eigenvalue weighted by molar-refractivity contribution is 5.41. The Morgan fingerprint density at radius 2 is 2.05 bits per heavy atom. The molecule has 0 amide bonds. The smallest absolute Gasteiger partial charge is 0.122 e. The van der Waals surface area contributed by atoms with Crippen molar-refractivity contribution in [2.24, 2.45) is 5.73 Å². The molecule has 0 heterocycles. The van der Waals surface area contributed by atoms with Crippen LogP contribution < -0.4 is 15.8 Å². The quantitative estimate of drug-likeness (QED) is 0.728. The summed E-state index contributed by atoms with van der Waals surface area (Å²) in [6.45, 7) is 8.00. The van der Waals surface area contributed by atoms with Crippen LogP contribution in [0.15, 0.2) is 18.2 Å². The Labute approximate surface area is 116 Å². The molecule has 0 saturated carbocycles. The molecule has 0 aliphatic rings. The Kier molecular flexibility index (Phi) is 5.79. The Morgan fingerprint density at radius 3 is 2.58 bits per heavy atom. The molecule has 1 aromatic carbocycles.